The van der Waals surface area contributed by atoms with Gasteiger partial charge in [0.25, 0.3) is 0 Å². The maximum absolute atomic E-state index is 12.9. The van der Waals surface area contributed by atoms with E-state index in [1.165, 1.54) is 10.7 Å². The molecule has 2 aromatic rings. The smallest absolute Gasteiger partial charge is 0.338 e. The summed E-state index contributed by atoms with van der Waals surface area (Å²) in [7, 11) is 0. The van der Waals surface area contributed by atoms with E-state index < -0.39 is 22.7 Å². The molecule has 0 radical (unpaired) electrons. The third kappa shape index (κ3) is 4.61. The highest BCUT2D eigenvalue weighted by molar-refractivity contribution is 5.80. The first-order valence-electron chi connectivity index (χ1n) is 9.43. The fourth-order valence-electron chi connectivity index (χ4n) is 3.58. The third-order valence-electron chi connectivity index (χ3n) is 5.28. The molecule has 1 saturated heterocycles. The molecule has 1 atom stereocenters. The number of nitro groups is 1. The molecule has 0 aliphatic carbocycles. The zero-order valence-corrected chi connectivity index (χ0v) is 16.6. The highest BCUT2D eigenvalue weighted by atomic mass is 19.4. The Bertz CT molecular complexity index is 936. The van der Waals surface area contributed by atoms with Crippen LogP contribution in [0.1, 0.15) is 29.8 Å². The second-order valence-electron chi connectivity index (χ2n) is 7.29. The summed E-state index contributed by atoms with van der Waals surface area (Å²) in [6.07, 6.45) is -3.25. The van der Waals surface area contributed by atoms with E-state index in [0.717, 1.165) is 18.3 Å². The fourth-order valence-corrected chi connectivity index (χ4v) is 3.58. The van der Waals surface area contributed by atoms with Crippen molar-refractivity contribution >= 4 is 11.6 Å². The molecule has 1 fully saturated rings. The van der Waals surface area contributed by atoms with E-state index in [-0.39, 0.29) is 11.6 Å². The quantitative estimate of drug-likeness (QED) is 0.543. The van der Waals surface area contributed by atoms with Gasteiger partial charge in [-0.05, 0) is 25.5 Å². The Morgan fingerprint density at radius 2 is 1.93 bits per heavy atom. The zero-order chi connectivity index (χ0) is 22.1. The van der Waals surface area contributed by atoms with Crippen LogP contribution in [-0.2, 0) is 17.5 Å². The highest BCUT2D eigenvalue weighted by Gasteiger charge is 2.31. The molecule has 0 spiro atoms. The van der Waals surface area contributed by atoms with Gasteiger partial charge in [-0.25, -0.2) is 0 Å². The topological polar surface area (TPSA) is 84.5 Å². The molecule has 2 heterocycles. The van der Waals surface area contributed by atoms with Crippen LogP contribution < -0.4 is 0 Å². The molecule has 3 rings (SSSR count). The van der Waals surface area contributed by atoms with Crippen molar-refractivity contribution < 1.29 is 22.9 Å². The van der Waals surface area contributed by atoms with Gasteiger partial charge in [-0.1, -0.05) is 18.2 Å². The Balaban J connectivity index is 1.59. The zero-order valence-electron chi connectivity index (χ0n) is 16.6. The predicted octanol–water partition coefficient (Wildman–Crippen LogP) is 3.02. The average Bonchev–Trinajstić information content (AvgIpc) is 3.08. The number of carbonyl (C=O) groups is 1. The molecule has 11 heteroatoms. The summed E-state index contributed by atoms with van der Waals surface area (Å²) in [5.74, 6) is -0.199. The van der Waals surface area contributed by atoms with Crippen molar-refractivity contribution in [1.82, 2.24) is 19.6 Å². The maximum Gasteiger partial charge on any atom is 0.416 e. The largest absolute Gasteiger partial charge is 0.416 e. The van der Waals surface area contributed by atoms with Gasteiger partial charge in [0.2, 0.25) is 5.91 Å². The van der Waals surface area contributed by atoms with Gasteiger partial charge in [0.15, 0.2) is 0 Å². The van der Waals surface area contributed by atoms with Crippen LogP contribution in [0.4, 0.5) is 18.9 Å². The Morgan fingerprint density at radius 3 is 2.50 bits per heavy atom. The Kier molecular flexibility index (Phi) is 6.11. The molecule has 1 aliphatic rings. The van der Waals surface area contributed by atoms with E-state index in [2.05, 4.69) is 5.10 Å². The number of amides is 1. The van der Waals surface area contributed by atoms with Gasteiger partial charge >= 0.3 is 11.9 Å². The van der Waals surface area contributed by atoms with Crippen molar-refractivity contribution in [2.24, 2.45) is 0 Å². The Morgan fingerprint density at radius 1 is 1.27 bits per heavy atom. The molecule has 8 nitrogen and oxygen atoms in total. The maximum atomic E-state index is 12.9. The van der Waals surface area contributed by atoms with Crippen LogP contribution in [0, 0.1) is 17.0 Å². The molecule has 0 saturated carbocycles. The molecule has 1 aliphatic heterocycles. The number of nitrogens with zero attached hydrogens (tertiary/aromatic N) is 5. The van der Waals surface area contributed by atoms with E-state index in [9.17, 15) is 28.1 Å². The summed E-state index contributed by atoms with van der Waals surface area (Å²) in [6.45, 7) is 5.43. The molecule has 0 N–H and O–H groups in total. The van der Waals surface area contributed by atoms with Gasteiger partial charge in [0, 0.05) is 32.7 Å². The van der Waals surface area contributed by atoms with Crippen molar-refractivity contribution in [1.29, 1.82) is 0 Å². The van der Waals surface area contributed by atoms with E-state index in [1.807, 2.05) is 4.90 Å². The molecule has 1 aromatic carbocycles. The third-order valence-corrected chi connectivity index (χ3v) is 5.28. The lowest BCUT2D eigenvalue weighted by atomic mass is 10.1. The number of halogens is 3. The monoisotopic (exact) mass is 425 g/mol. The summed E-state index contributed by atoms with van der Waals surface area (Å²) in [6, 6.07) is 4.55. The van der Waals surface area contributed by atoms with Crippen LogP contribution in [0.15, 0.2) is 30.5 Å². The number of carbonyl (C=O) groups excluding carboxylic acids is 1. The lowest BCUT2D eigenvalue weighted by molar-refractivity contribution is -0.385. The van der Waals surface area contributed by atoms with Gasteiger partial charge in [0.1, 0.15) is 17.9 Å². The minimum Gasteiger partial charge on any atom is -0.338 e. The van der Waals surface area contributed by atoms with Crippen molar-refractivity contribution in [3.05, 3.63) is 57.4 Å². The minimum atomic E-state index is -4.38. The number of benzene rings is 1. The van der Waals surface area contributed by atoms with Gasteiger partial charge in [0.05, 0.1) is 10.5 Å². The van der Waals surface area contributed by atoms with E-state index in [4.69, 9.17) is 0 Å². The van der Waals surface area contributed by atoms with Crippen LogP contribution in [-0.4, -0.2) is 56.6 Å². The van der Waals surface area contributed by atoms with Crippen molar-refractivity contribution in [3.8, 4) is 0 Å². The fraction of sp³-hybridized carbons (Fsp3) is 0.474. The van der Waals surface area contributed by atoms with Crippen molar-refractivity contribution in [2.45, 2.75) is 32.6 Å². The van der Waals surface area contributed by atoms with Gasteiger partial charge in [-0.3, -0.25) is 24.5 Å². The SMILES string of the molecule is Cc1c([N+](=O)[O-])cnn1C(C)C(=O)N1CCN(Cc2cccc(C(F)(F)F)c2)CC1. The predicted molar refractivity (Wildman–Crippen MR) is 102 cm³/mol. The van der Waals surface area contributed by atoms with Gasteiger partial charge in [-0.2, -0.15) is 18.3 Å². The lowest BCUT2D eigenvalue weighted by Crippen LogP contribution is -2.50. The summed E-state index contributed by atoms with van der Waals surface area (Å²) < 4.78 is 40.0. The number of rotatable bonds is 5. The summed E-state index contributed by atoms with van der Waals surface area (Å²) in [5, 5.41) is 15.0. The summed E-state index contributed by atoms with van der Waals surface area (Å²) in [4.78, 5) is 26.9. The van der Waals surface area contributed by atoms with E-state index >= 15 is 0 Å². The van der Waals surface area contributed by atoms with Gasteiger partial charge < -0.3 is 4.90 Å². The number of piperazine rings is 1. The summed E-state index contributed by atoms with van der Waals surface area (Å²) >= 11 is 0. The van der Waals surface area contributed by atoms with Gasteiger partial charge in [-0.15, -0.1) is 0 Å². The minimum absolute atomic E-state index is 0.138. The Labute approximate surface area is 171 Å². The van der Waals surface area contributed by atoms with Crippen LogP contribution in [0.2, 0.25) is 0 Å². The second-order valence-corrected chi connectivity index (χ2v) is 7.29. The van der Waals surface area contributed by atoms with Crippen molar-refractivity contribution in [2.75, 3.05) is 26.2 Å². The molecule has 1 aromatic heterocycles. The standard InChI is InChI=1S/C19H22F3N5O3/c1-13-17(27(29)30)11-23-26(13)14(2)18(28)25-8-6-24(7-9-25)12-15-4-3-5-16(10-15)19(20,21)22/h3-5,10-11,14H,6-9,12H2,1-2H3. The highest BCUT2D eigenvalue weighted by Crippen LogP contribution is 2.30. The molecule has 162 valence electrons. The molecular weight excluding hydrogens is 403 g/mol. The van der Waals surface area contributed by atoms with E-state index in [0.29, 0.717) is 44.0 Å². The molecule has 1 unspecified atom stereocenters. The molecule has 30 heavy (non-hydrogen) atoms. The number of alkyl halides is 3. The Hall–Kier alpha value is -2.95. The first kappa shape index (κ1) is 21.8. The van der Waals surface area contributed by atoms with Crippen LogP contribution >= 0.6 is 0 Å². The number of hydrogen-bond donors (Lipinski definition) is 0. The molecular formula is C19H22F3N5O3. The van der Waals surface area contributed by atoms with Crippen LogP contribution in [0.5, 0.6) is 0 Å². The number of aromatic nitrogens is 2. The van der Waals surface area contributed by atoms with Crippen LogP contribution in [0.25, 0.3) is 0 Å². The summed E-state index contributed by atoms with van der Waals surface area (Å²) in [5.41, 5.74) is 0.0633. The van der Waals surface area contributed by atoms with Crippen LogP contribution in [0.3, 0.4) is 0 Å². The number of hydrogen-bond acceptors (Lipinski definition) is 5. The molecule has 1 amide bonds. The van der Waals surface area contributed by atoms with Crippen molar-refractivity contribution in [3.63, 3.8) is 0 Å². The lowest BCUT2D eigenvalue weighted by Gasteiger charge is -2.36. The average molecular weight is 425 g/mol. The first-order chi connectivity index (χ1) is 14.1. The molecule has 0 bridgehead atoms. The van der Waals surface area contributed by atoms with E-state index in [1.54, 1.807) is 24.8 Å². The normalized spacial score (nSPS) is 16.5. The second kappa shape index (κ2) is 8.42. The first-order valence-corrected chi connectivity index (χ1v) is 9.43.